The Bertz CT molecular complexity index is 247. The second kappa shape index (κ2) is 8.25. The van der Waals surface area contributed by atoms with E-state index in [9.17, 15) is 22.8 Å². The lowest BCUT2D eigenvalue weighted by molar-refractivity contribution is -0.171. The highest BCUT2D eigenvalue weighted by Gasteiger charge is 2.38. The van der Waals surface area contributed by atoms with Crippen LogP contribution >= 0.6 is 0 Å². The van der Waals surface area contributed by atoms with Crippen LogP contribution < -0.4 is 0 Å². The predicted molar refractivity (Wildman–Crippen MR) is 58.7 cm³/mol. The van der Waals surface area contributed by atoms with Crippen LogP contribution in [0, 0.1) is 0 Å². The molecule has 0 unspecified atom stereocenters. The second-order valence-electron chi connectivity index (χ2n) is 4.15. The van der Waals surface area contributed by atoms with E-state index in [0.717, 1.165) is 32.1 Å². The van der Waals surface area contributed by atoms with Gasteiger partial charge in [-0.2, -0.15) is 13.2 Å². The Morgan fingerprint density at radius 2 is 1.47 bits per heavy atom. The first-order chi connectivity index (χ1) is 7.88. The number of unbranched alkanes of at least 4 members (excludes halogenated alkanes) is 5. The molecule has 0 bridgehead atoms. The van der Waals surface area contributed by atoms with Crippen LogP contribution in [0.2, 0.25) is 0 Å². The van der Waals surface area contributed by atoms with Crippen LogP contribution in [0.1, 0.15) is 58.3 Å². The van der Waals surface area contributed by atoms with Crippen LogP contribution in [-0.2, 0) is 9.59 Å². The zero-order valence-electron chi connectivity index (χ0n) is 10.1. The second-order valence-corrected chi connectivity index (χ2v) is 4.15. The molecule has 0 aromatic heterocycles. The monoisotopic (exact) mass is 252 g/mol. The molecular weight excluding hydrogens is 233 g/mol. The molecule has 0 aliphatic carbocycles. The topological polar surface area (TPSA) is 34.1 Å². The molecule has 17 heavy (non-hydrogen) atoms. The van der Waals surface area contributed by atoms with Gasteiger partial charge in [0.05, 0.1) is 6.42 Å². The Hall–Kier alpha value is -0.870. The van der Waals surface area contributed by atoms with Crippen molar-refractivity contribution in [2.75, 3.05) is 0 Å². The van der Waals surface area contributed by atoms with Gasteiger partial charge < -0.3 is 0 Å². The van der Waals surface area contributed by atoms with E-state index in [-0.39, 0.29) is 6.42 Å². The Morgan fingerprint density at radius 1 is 0.941 bits per heavy atom. The van der Waals surface area contributed by atoms with Gasteiger partial charge in [0.25, 0.3) is 0 Å². The van der Waals surface area contributed by atoms with Crippen molar-refractivity contribution in [3.05, 3.63) is 0 Å². The number of hydrogen-bond acceptors (Lipinski definition) is 2. The van der Waals surface area contributed by atoms with E-state index in [4.69, 9.17) is 0 Å². The van der Waals surface area contributed by atoms with Gasteiger partial charge in [0.1, 0.15) is 5.78 Å². The van der Waals surface area contributed by atoms with Crippen molar-refractivity contribution < 1.29 is 22.8 Å². The van der Waals surface area contributed by atoms with Gasteiger partial charge in [-0.1, -0.05) is 39.0 Å². The van der Waals surface area contributed by atoms with E-state index in [1.54, 1.807) is 0 Å². The molecule has 0 fully saturated rings. The minimum Gasteiger partial charge on any atom is -0.299 e. The maximum absolute atomic E-state index is 11.8. The zero-order chi connectivity index (χ0) is 13.3. The molecular formula is C12H19F3O2. The molecule has 0 aliphatic heterocycles. The fourth-order valence-corrected chi connectivity index (χ4v) is 1.47. The van der Waals surface area contributed by atoms with Gasteiger partial charge >= 0.3 is 6.18 Å². The average Bonchev–Trinajstić information content (AvgIpc) is 2.21. The Balaban J connectivity index is 3.57. The summed E-state index contributed by atoms with van der Waals surface area (Å²) in [7, 11) is 0. The standard InChI is InChI=1S/C12H19F3O2/c1-2-3-4-5-6-7-8-10(16)9-11(17)12(13,14)15/h2-9H2,1H3. The number of alkyl halides is 3. The predicted octanol–water partition coefficient (Wildman–Crippen LogP) is 3.83. The van der Waals surface area contributed by atoms with E-state index < -0.39 is 24.2 Å². The molecule has 0 saturated heterocycles. The van der Waals surface area contributed by atoms with Crippen LogP contribution in [0.15, 0.2) is 0 Å². The van der Waals surface area contributed by atoms with Gasteiger partial charge in [-0.05, 0) is 6.42 Å². The average molecular weight is 252 g/mol. The number of carbonyl (C=O) groups is 2. The summed E-state index contributed by atoms with van der Waals surface area (Å²) < 4.78 is 35.5. The molecule has 0 heterocycles. The Morgan fingerprint density at radius 3 is 2.00 bits per heavy atom. The SMILES string of the molecule is CCCCCCCCC(=O)CC(=O)C(F)(F)F. The number of rotatable bonds is 9. The third kappa shape index (κ3) is 8.89. The third-order valence-electron chi connectivity index (χ3n) is 2.48. The largest absolute Gasteiger partial charge is 0.450 e. The normalized spacial score (nSPS) is 11.5. The Labute approximate surface area is 99.6 Å². The first-order valence-electron chi connectivity index (χ1n) is 5.99. The van der Waals surface area contributed by atoms with Crippen molar-refractivity contribution in [2.45, 2.75) is 64.5 Å². The fraction of sp³-hybridized carbons (Fsp3) is 0.833. The van der Waals surface area contributed by atoms with E-state index in [2.05, 4.69) is 6.92 Å². The van der Waals surface area contributed by atoms with E-state index in [1.165, 1.54) is 0 Å². The zero-order valence-corrected chi connectivity index (χ0v) is 10.1. The van der Waals surface area contributed by atoms with Crippen molar-refractivity contribution in [1.82, 2.24) is 0 Å². The summed E-state index contributed by atoms with van der Waals surface area (Å²) in [4.78, 5) is 21.6. The van der Waals surface area contributed by atoms with Crippen molar-refractivity contribution in [1.29, 1.82) is 0 Å². The van der Waals surface area contributed by atoms with Gasteiger partial charge in [-0.25, -0.2) is 0 Å². The number of carbonyl (C=O) groups excluding carboxylic acids is 2. The number of hydrogen-bond donors (Lipinski definition) is 0. The first kappa shape index (κ1) is 16.1. The maximum atomic E-state index is 11.8. The number of ketones is 2. The molecule has 0 N–H and O–H groups in total. The number of Topliss-reactive ketones (excluding diaryl/α,β-unsaturated/α-hetero) is 2. The Kier molecular flexibility index (Phi) is 7.83. The molecule has 0 amide bonds. The van der Waals surface area contributed by atoms with Crippen molar-refractivity contribution >= 4 is 11.6 Å². The van der Waals surface area contributed by atoms with Gasteiger partial charge in [0, 0.05) is 6.42 Å². The summed E-state index contributed by atoms with van der Waals surface area (Å²) >= 11 is 0. The summed E-state index contributed by atoms with van der Waals surface area (Å²) in [5.41, 5.74) is 0. The fourth-order valence-electron chi connectivity index (χ4n) is 1.47. The number of halogens is 3. The highest BCUT2D eigenvalue weighted by atomic mass is 19.4. The smallest absolute Gasteiger partial charge is 0.299 e. The highest BCUT2D eigenvalue weighted by molar-refractivity contribution is 6.01. The third-order valence-corrected chi connectivity index (χ3v) is 2.48. The molecule has 100 valence electrons. The molecule has 0 aromatic carbocycles. The van der Waals surface area contributed by atoms with Crippen LogP contribution in [0.4, 0.5) is 13.2 Å². The minimum atomic E-state index is -4.88. The molecule has 0 rings (SSSR count). The van der Waals surface area contributed by atoms with Crippen molar-refractivity contribution in [3.8, 4) is 0 Å². The summed E-state index contributed by atoms with van der Waals surface area (Å²) in [6, 6.07) is 0. The minimum absolute atomic E-state index is 0.0773. The van der Waals surface area contributed by atoms with Gasteiger partial charge in [0.15, 0.2) is 0 Å². The van der Waals surface area contributed by atoms with Gasteiger partial charge in [-0.3, -0.25) is 9.59 Å². The van der Waals surface area contributed by atoms with Crippen LogP contribution in [0.5, 0.6) is 0 Å². The molecule has 0 aromatic rings. The summed E-state index contributed by atoms with van der Waals surface area (Å²) in [5.74, 6) is -2.55. The molecule has 0 aliphatic rings. The lowest BCUT2D eigenvalue weighted by Crippen LogP contribution is -2.25. The van der Waals surface area contributed by atoms with Crippen LogP contribution in [-0.4, -0.2) is 17.7 Å². The molecule has 0 atom stereocenters. The van der Waals surface area contributed by atoms with Crippen LogP contribution in [0.3, 0.4) is 0 Å². The maximum Gasteiger partial charge on any atom is 0.450 e. The molecule has 2 nitrogen and oxygen atoms in total. The quantitative estimate of drug-likeness (QED) is 0.461. The molecule has 0 radical (unpaired) electrons. The molecule has 0 saturated carbocycles. The first-order valence-corrected chi connectivity index (χ1v) is 5.99. The lowest BCUT2D eigenvalue weighted by atomic mass is 10.1. The van der Waals surface area contributed by atoms with Gasteiger partial charge in [-0.15, -0.1) is 0 Å². The van der Waals surface area contributed by atoms with E-state index in [0.29, 0.717) is 6.42 Å². The van der Waals surface area contributed by atoms with Crippen molar-refractivity contribution in [2.24, 2.45) is 0 Å². The van der Waals surface area contributed by atoms with Gasteiger partial charge in [0.2, 0.25) is 5.78 Å². The summed E-state index contributed by atoms with van der Waals surface area (Å²) in [6.07, 6.45) is -0.0388. The van der Waals surface area contributed by atoms with Crippen molar-refractivity contribution in [3.63, 3.8) is 0 Å². The highest BCUT2D eigenvalue weighted by Crippen LogP contribution is 2.18. The van der Waals surface area contributed by atoms with Crippen LogP contribution in [0.25, 0.3) is 0 Å². The summed E-state index contributed by atoms with van der Waals surface area (Å²) in [6.45, 7) is 2.09. The molecule has 0 spiro atoms. The van der Waals surface area contributed by atoms with E-state index in [1.807, 2.05) is 0 Å². The molecule has 5 heteroatoms. The summed E-state index contributed by atoms with van der Waals surface area (Å²) in [5, 5.41) is 0. The van der Waals surface area contributed by atoms with E-state index >= 15 is 0 Å². The lowest BCUT2D eigenvalue weighted by Gasteiger charge is -2.04.